The van der Waals surface area contributed by atoms with Gasteiger partial charge in [0.25, 0.3) is 5.91 Å². The molecule has 0 spiro atoms. The van der Waals surface area contributed by atoms with E-state index in [4.69, 9.17) is 4.74 Å². The standard InChI is InChI=1S/C25H33N3O4/c1-5-6-13-25(20-11-8-7-9-12-20)23(30)28(24(31)26-25)17-22(29)21-16-18(2)27(19(21)3)14-10-15-32-4/h7-9,11-12,16H,5-6,10,13-15,17H2,1-4H3,(H,26,31). The van der Waals surface area contributed by atoms with E-state index in [1.807, 2.05) is 57.2 Å². The SMILES string of the molecule is CCCCC1(c2ccccc2)NC(=O)N(CC(=O)c2cc(C)n(CCCOC)c2C)C1=O. The van der Waals surface area contributed by atoms with Crippen LogP contribution in [0, 0.1) is 13.8 Å². The predicted octanol–water partition coefficient (Wildman–Crippen LogP) is 3.96. The number of hydrogen-bond donors (Lipinski definition) is 1. The van der Waals surface area contributed by atoms with Gasteiger partial charge in [0, 0.05) is 37.2 Å². The molecule has 3 rings (SSSR count). The molecule has 1 aromatic heterocycles. The zero-order chi connectivity index (χ0) is 23.3. The first-order chi connectivity index (χ1) is 15.4. The molecule has 2 aromatic rings. The number of carbonyl (C=O) groups excluding carboxylic acids is 3. The van der Waals surface area contributed by atoms with Gasteiger partial charge in [-0.2, -0.15) is 0 Å². The smallest absolute Gasteiger partial charge is 0.325 e. The Kier molecular flexibility index (Phi) is 7.51. The molecule has 2 heterocycles. The van der Waals surface area contributed by atoms with Crippen LogP contribution in [0.4, 0.5) is 4.79 Å². The van der Waals surface area contributed by atoms with Gasteiger partial charge in [-0.3, -0.25) is 14.5 Å². The normalized spacial score (nSPS) is 18.3. The fraction of sp³-hybridized carbons (Fsp3) is 0.480. The molecule has 7 heteroatoms. The van der Waals surface area contributed by atoms with Crippen LogP contribution in [0.3, 0.4) is 0 Å². The number of urea groups is 1. The summed E-state index contributed by atoms with van der Waals surface area (Å²) in [5.41, 5.74) is 1.99. The Balaban J connectivity index is 1.83. The average Bonchev–Trinajstić information content (AvgIpc) is 3.21. The number of nitrogens with zero attached hydrogens (tertiary/aromatic N) is 2. The quantitative estimate of drug-likeness (QED) is 0.326. The van der Waals surface area contributed by atoms with E-state index in [0.717, 1.165) is 47.7 Å². The van der Waals surface area contributed by atoms with Crippen molar-refractivity contribution in [3.05, 3.63) is 58.9 Å². The second-order valence-corrected chi connectivity index (χ2v) is 8.40. The number of benzene rings is 1. The maximum absolute atomic E-state index is 13.5. The van der Waals surface area contributed by atoms with Crippen molar-refractivity contribution in [3.8, 4) is 0 Å². The highest BCUT2D eigenvalue weighted by Gasteiger charge is 2.52. The van der Waals surface area contributed by atoms with Crippen molar-refractivity contribution >= 4 is 17.7 Å². The van der Waals surface area contributed by atoms with Gasteiger partial charge >= 0.3 is 6.03 Å². The minimum absolute atomic E-state index is 0.237. The van der Waals surface area contributed by atoms with Crippen LogP contribution in [0.15, 0.2) is 36.4 Å². The van der Waals surface area contributed by atoms with Gasteiger partial charge < -0.3 is 14.6 Å². The molecule has 1 saturated heterocycles. The first-order valence-electron chi connectivity index (χ1n) is 11.2. The average molecular weight is 440 g/mol. The van der Waals surface area contributed by atoms with Gasteiger partial charge in [0.15, 0.2) is 5.78 Å². The van der Waals surface area contributed by atoms with E-state index < -0.39 is 11.6 Å². The van der Waals surface area contributed by atoms with Gasteiger partial charge in [-0.1, -0.05) is 50.1 Å². The number of aromatic nitrogens is 1. The topological polar surface area (TPSA) is 80.6 Å². The number of rotatable bonds is 11. The molecule has 1 N–H and O–H groups in total. The number of unbranched alkanes of at least 4 members (excludes halogenated alkanes) is 1. The number of aryl methyl sites for hydroxylation is 1. The van der Waals surface area contributed by atoms with Crippen LogP contribution < -0.4 is 5.32 Å². The molecule has 1 unspecified atom stereocenters. The van der Waals surface area contributed by atoms with Gasteiger partial charge in [0.05, 0.1) is 6.54 Å². The van der Waals surface area contributed by atoms with Crippen LogP contribution in [0.2, 0.25) is 0 Å². The largest absolute Gasteiger partial charge is 0.385 e. The summed E-state index contributed by atoms with van der Waals surface area (Å²) in [6.45, 7) is 7.01. The van der Waals surface area contributed by atoms with Crippen LogP contribution in [0.25, 0.3) is 0 Å². The van der Waals surface area contributed by atoms with E-state index in [1.165, 1.54) is 0 Å². The monoisotopic (exact) mass is 439 g/mol. The summed E-state index contributed by atoms with van der Waals surface area (Å²) in [7, 11) is 1.67. The molecule has 3 amide bonds. The molecule has 32 heavy (non-hydrogen) atoms. The lowest BCUT2D eigenvalue weighted by Gasteiger charge is -2.27. The van der Waals surface area contributed by atoms with Crippen LogP contribution in [0.1, 0.15) is 59.9 Å². The van der Waals surface area contributed by atoms with E-state index in [1.54, 1.807) is 7.11 Å². The molecular weight excluding hydrogens is 406 g/mol. The summed E-state index contributed by atoms with van der Waals surface area (Å²) in [6.07, 6.45) is 3.01. The highest BCUT2D eigenvalue weighted by Crippen LogP contribution is 2.34. The van der Waals surface area contributed by atoms with Crippen molar-refractivity contribution in [3.63, 3.8) is 0 Å². The van der Waals surface area contributed by atoms with Crippen molar-refractivity contribution in [2.24, 2.45) is 0 Å². The van der Waals surface area contributed by atoms with Crippen molar-refractivity contribution in [2.75, 3.05) is 20.3 Å². The zero-order valence-electron chi connectivity index (χ0n) is 19.4. The molecule has 1 fully saturated rings. The fourth-order valence-corrected chi connectivity index (χ4v) is 4.47. The minimum atomic E-state index is -1.12. The Morgan fingerprint density at radius 1 is 1.12 bits per heavy atom. The highest BCUT2D eigenvalue weighted by molar-refractivity contribution is 6.11. The van der Waals surface area contributed by atoms with E-state index in [2.05, 4.69) is 9.88 Å². The Labute approximate surface area is 189 Å². The third-order valence-corrected chi connectivity index (χ3v) is 6.25. The van der Waals surface area contributed by atoms with Crippen LogP contribution in [-0.2, 0) is 21.6 Å². The number of nitrogens with one attached hydrogen (secondary N) is 1. The van der Waals surface area contributed by atoms with Crippen LogP contribution in [0.5, 0.6) is 0 Å². The van der Waals surface area contributed by atoms with Gasteiger partial charge in [0.2, 0.25) is 0 Å². The number of ketones is 1. The Hall–Kier alpha value is -2.93. The Bertz CT molecular complexity index is 983. The number of methoxy groups -OCH3 is 1. The fourth-order valence-electron chi connectivity index (χ4n) is 4.47. The van der Waals surface area contributed by atoms with Crippen molar-refractivity contribution < 1.29 is 19.1 Å². The molecule has 0 aliphatic carbocycles. The van der Waals surface area contributed by atoms with Gasteiger partial charge in [0.1, 0.15) is 5.54 Å². The molecule has 0 bridgehead atoms. The summed E-state index contributed by atoms with van der Waals surface area (Å²) in [4.78, 5) is 40.6. The summed E-state index contributed by atoms with van der Waals surface area (Å²) >= 11 is 0. The van der Waals surface area contributed by atoms with Crippen LogP contribution >= 0.6 is 0 Å². The Morgan fingerprint density at radius 2 is 1.84 bits per heavy atom. The highest BCUT2D eigenvalue weighted by atomic mass is 16.5. The number of carbonyl (C=O) groups is 3. The molecule has 1 atom stereocenters. The molecule has 1 aliphatic rings. The van der Waals surface area contributed by atoms with Gasteiger partial charge in [-0.15, -0.1) is 0 Å². The molecule has 0 saturated carbocycles. The molecule has 1 aliphatic heterocycles. The Morgan fingerprint density at radius 3 is 2.50 bits per heavy atom. The predicted molar refractivity (Wildman–Crippen MR) is 123 cm³/mol. The summed E-state index contributed by atoms with van der Waals surface area (Å²) in [6, 6.07) is 10.6. The van der Waals surface area contributed by atoms with Crippen LogP contribution in [-0.4, -0.2) is 47.4 Å². The lowest BCUT2D eigenvalue weighted by atomic mass is 9.85. The van der Waals surface area contributed by atoms with Gasteiger partial charge in [-0.25, -0.2) is 4.79 Å². The summed E-state index contributed by atoms with van der Waals surface area (Å²) < 4.78 is 7.20. The second-order valence-electron chi connectivity index (χ2n) is 8.40. The summed E-state index contributed by atoms with van der Waals surface area (Å²) in [5, 5.41) is 2.91. The lowest BCUT2D eigenvalue weighted by Crippen LogP contribution is -2.44. The molecular formula is C25H33N3O4. The van der Waals surface area contributed by atoms with Crippen molar-refractivity contribution in [1.82, 2.24) is 14.8 Å². The lowest BCUT2D eigenvalue weighted by molar-refractivity contribution is -0.131. The zero-order valence-corrected chi connectivity index (χ0v) is 19.4. The number of Topliss-reactive ketones (excluding diaryl/α,β-unsaturated/α-hetero) is 1. The third kappa shape index (κ3) is 4.48. The van der Waals surface area contributed by atoms with E-state index >= 15 is 0 Å². The van der Waals surface area contributed by atoms with Gasteiger partial charge in [-0.05, 0) is 38.3 Å². The molecule has 0 radical (unpaired) electrons. The minimum Gasteiger partial charge on any atom is -0.385 e. The number of imide groups is 1. The molecule has 7 nitrogen and oxygen atoms in total. The summed E-state index contributed by atoms with van der Waals surface area (Å²) in [5.74, 6) is -0.594. The van der Waals surface area contributed by atoms with Crippen molar-refractivity contribution in [1.29, 1.82) is 0 Å². The molecule has 172 valence electrons. The number of amides is 3. The maximum atomic E-state index is 13.5. The third-order valence-electron chi connectivity index (χ3n) is 6.25. The maximum Gasteiger partial charge on any atom is 0.325 e. The van der Waals surface area contributed by atoms with E-state index in [9.17, 15) is 14.4 Å². The second kappa shape index (κ2) is 10.1. The van der Waals surface area contributed by atoms with Crippen molar-refractivity contribution in [2.45, 2.75) is 58.5 Å². The first kappa shape index (κ1) is 23.7. The van der Waals surface area contributed by atoms with E-state index in [-0.39, 0.29) is 18.2 Å². The first-order valence-corrected chi connectivity index (χ1v) is 11.2. The molecule has 1 aromatic carbocycles. The van der Waals surface area contributed by atoms with E-state index in [0.29, 0.717) is 18.6 Å². The number of hydrogen-bond acceptors (Lipinski definition) is 4. The number of ether oxygens (including phenoxy) is 1.